The minimum absolute atomic E-state index is 0.170. The van der Waals surface area contributed by atoms with E-state index in [4.69, 9.17) is 0 Å². The number of aliphatic imine (C=N–C) groups is 1. The van der Waals surface area contributed by atoms with Gasteiger partial charge in [0.15, 0.2) is 5.17 Å². The van der Waals surface area contributed by atoms with E-state index in [1.165, 1.54) is 11.6 Å². The average Bonchev–Trinajstić information content (AvgIpc) is 2.93. The quantitative estimate of drug-likeness (QED) is 0.740. The molecule has 1 aromatic carbocycles. The van der Waals surface area contributed by atoms with Gasteiger partial charge in [-0.15, -0.1) is 0 Å². The smallest absolute Gasteiger partial charge is 0.164 e. The number of fused-ring (bicyclic) bond motifs is 1. The van der Waals surface area contributed by atoms with Crippen molar-refractivity contribution in [2.75, 3.05) is 23.3 Å². The Labute approximate surface area is 112 Å². The molecule has 0 aromatic heterocycles. The summed E-state index contributed by atoms with van der Waals surface area (Å²) in [5, 5.41) is 2.51. The van der Waals surface area contributed by atoms with Gasteiger partial charge in [0.1, 0.15) is 5.82 Å². The Hall–Kier alpha value is -0.550. The van der Waals surface area contributed by atoms with Crippen molar-refractivity contribution in [1.29, 1.82) is 0 Å². The van der Waals surface area contributed by atoms with Crippen molar-refractivity contribution in [3.8, 4) is 0 Å². The van der Waals surface area contributed by atoms with E-state index in [0.29, 0.717) is 5.25 Å². The second-order valence-corrected chi connectivity index (χ2v) is 6.11. The van der Waals surface area contributed by atoms with Crippen molar-refractivity contribution in [3.05, 3.63) is 29.6 Å². The molecule has 0 fully saturated rings. The molecular formula is C12H12BrFN2S. The van der Waals surface area contributed by atoms with Crippen LogP contribution in [0.4, 0.5) is 10.1 Å². The summed E-state index contributed by atoms with van der Waals surface area (Å²) < 4.78 is 13.3. The molecule has 0 spiro atoms. The summed E-state index contributed by atoms with van der Waals surface area (Å²) in [6.07, 6.45) is 0.980. The first-order valence-electron chi connectivity index (χ1n) is 5.61. The van der Waals surface area contributed by atoms with Gasteiger partial charge in [0.25, 0.3) is 0 Å². The molecule has 1 unspecified atom stereocenters. The molecule has 0 radical (unpaired) electrons. The SMILES string of the molecule is Fc1ccc2c(c1)N(C1=NCC(CBr)S1)CC2. The van der Waals surface area contributed by atoms with Crippen molar-refractivity contribution in [1.82, 2.24) is 0 Å². The number of thioether (sulfide) groups is 1. The molecule has 2 nitrogen and oxygen atoms in total. The lowest BCUT2D eigenvalue weighted by atomic mass is 10.2. The van der Waals surface area contributed by atoms with Crippen LogP contribution in [0.1, 0.15) is 5.56 Å². The minimum atomic E-state index is -0.170. The van der Waals surface area contributed by atoms with Gasteiger partial charge in [0.2, 0.25) is 0 Å². The molecule has 2 aliphatic rings. The highest BCUT2D eigenvalue weighted by molar-refractivity contribution is 9.09. The minimum Gasteiger partial charge on any atom is -0.321 e. The van der Waals surface area contributed by atoms with Crippen molar-refractivity contribution >= 4 is 38.5 Å². The van der Waals surface area contributed by atoms with Gasteiger partial charge in [0, 0.05) is 22.8 Å². The number of alkyl halides is 1. The van der Waals surface area contributed by atoms with Crippen LogP contribution in [0, 0.1) is 5.82 Å². The fourth-order valence-electron chi connectivity index (χ4n) is 2.18. The first-order valence-corrected chi connectivity index (χ1v) is 7.61. The Morgan fingerprint density at radius 3 is 3.18 bits per heavy atom. The van der Waals surface area contributed by atoms with Crippen LogP contribution in [0.5, 0.6) is 0 Å². The third-order valence-corrected chi connectivity index (χ3v) is 5.47. The Kier molecular flexibility index (Phi) is 3.13. The van der Waals surface area contributed by atoms with E-state index < -0.39 is 0 Å². The van der Waals surface area contributed by atoms with Gasteiger partial charge >= 0.3 is 0 Å². The number of nitrogens with zero attached hydrogens (tertiary/aromatic N) is 2. The van der Waals surface area contributed by atoms with Crippen LogP contribution in [0.25, 0.3) is 0 Å². The molecule has 0 aliphatic carbocycles. The number of halogens is 2. The molecule has 0 amide bonds. The summed E-state index contributed by atoms with van der Waals surface area (Å²) in [5.41, 5.74) is 2.21. The van der Waals surface area contributed by atoms with Crippen molar-refractivity contribution < 1.29 is 4.39 Å². The van der Waals surface area contributed by atoms with Crippen LogP contribution in [0.15, 0.2) is 23.2 Å². The van der Waals surface area contributed by atoms with E-state index in [1.807, 2.05) is 6.07 Å². The first kappa shape index (κ1) is 11.5. The van der Waals surface area contributed by atoms with E-state index in [1.54, 1.807) is 17.8 Å². The Morgan fingerprint density at radius 1 is 1.53 bits per heavy atom. The topological polar surface area (TPSA) is 15.6 Å². The van der Waals surface area contributed by atoms with Gasteiger partial charge in [-0.1, -0.05) is 33.8 Å². The number of amidine groups is 1. The summed E-state index contributed by atoms with van der Waals surface area (Å²) in [6, 6.07) is 5.03. The summed E-state index contributed by atoms with van der Waals surface area (Å²) >= 11 is 5.27. The molecule has 2 aliphatic heterocycles. The molecule has 0 N–H and O–H groups in total. The van der Waals surface area contributed by atoms with Crippen molar-refractivity contribution in [2.45, 2.75) is 11.7 Å². The summed E-state index contributed by atoms with van der Waals surface area (Å²) in [6.45, 7) is 1.77. The largest absolute Gasteiger partial charge is 0.321 e. The third kappa shape index (κ3) is 2.10. The monoisotopic (exact) mass is 314 g/mol. The molecule has 17 heavy (non-hydrogen) atoms. The highest BCUT2D eigenvalue weighted by Crippen LogP contribution is 2.34. The van der Waals surface area contributed by atoms with Crippen LogP contribution in [-0.2, 0) is 6.42 Å². The van der Waals surface area contributed by atoms with Crippen LogP contribution < -0.4 is 4.90 Å². The molecule has 0 saturated carbocycles. The second-order valence-electron chi connectivity index (χ2n) is 4.19. The lowest BCUT2D eigenvalue weighted by molar-refractivity contribution is 0.628. The lowest BCUT2D eigenvalue weighted by Crippen LogP contribution is -2.25. The molecule has 0 bridgehead atoms. The zero-order valence-electron chi connectivity index (χ0n) is 9.20. The standard InChI is InChI=1S/C12H12BrFN2S/c13-6-10-7-15-12(17-10)16-4-3-8-1-2-9(14)5-11(8)16/h1-2,5,10H,3-4,6-7H2. The lowest BCUT2D eigenvalue weighted by Gasteiger charge is -2.18. The number of rotatable bonds is 1. The van der Waals surface area contributed by atoms with Gasteiger partial charge in [-0.3, -0.25) is 4.99 Å². The van der Waals surface area contributed by atoms with E-state index >= 15 is 0 Å². The fourth-order valence-corrected chi connectivity index (χ4v) is 3.76. The van der Waals surface area contributed by atoms with E-state index in [2.05, 4.69) is 25.8 Å². The molecule has 3 rings (SSSR count). The Bertz CT molecular complexity index is 478. The number of hydrogen-bond acceptors (Lipinski definition) is 3. The van der Waals surface area contributed by atoms with Crippen LogP contribution in [0.3, 0.4) is 0 Å². The number of hydrogen-bond donors (Lipinski definition) is 0. The highest BCUT2D eigenvalue weighted by atomic mass is 79.9. The normalized spacial score (nSPS) is 22.8. The zero-order chi connectivity index (χ0) is 11.8. The summed E-state index contributed by atoms with van der Waals surface area (Å²) in [5.74, 6) is -0.170. The van der Waals surface area contributed by atoms with Crippen LogP contribution in [-0.4, -0.2) is 28.8 Å². The van der Waals surface area contributed by atoms with Gasteiger partial charge in [0.05, 0.1) is 6.54 Å². The second kappa shape index (κ2) is 4.61. The average molecular weight is 315 g/mol. The van der Waals surface area contributed by atoms with Crippen LogP contribution in [0.2, 0.25) is 0 Å². The maximum atomic E-state index is 13.3. The molecule has 0 saturated heterocycles. The number of anilines is 1. The molecule has 1 aromatic rings. The fraction of sp³-hybridized carbons (Fsp3) is 0.417. The predicted molar refractivity (Wildman–Crippen MR) is 74.9 cm³/mol. The van der Waals surface area contributed by atoms with Gasteiger partial charge < -0.3 is 4.90 Å². The van der Waals surface area contributed by atoms with E-state index in [9.17, 15) is 4.39 Å². The predicted octanol–water partition coefficient (Wildman–Crippen LogP) is 3.05. The van der Waals surface area contributed by atoms with Gasteiger partial charge in [-0.2, -0.15) is 0 Å². The zero-order valence-corrected chi connectivity index (χ0v) is 11.6. The molecule has 5 heteroatoms. The molecule has 90 valence electrons. The number of benzene rings is 1. The highest BCUT2D eigenvalue weighted by Gasteiger charge is 2.28. The van der Waals surface area contributed by atoms with Crippen molar-refractivity contribution in [2.24, 2.45) is 4.99 Å². The maximum Gasteiger partial charge on any atom is 0.164 e. The van der Waals surface area contributed by atoms with E-state index in [-0.39, 0.29) is 5.82 Å². The first-order chi connectivity index (χ1) is 8.28. The summed E-state index contributed by atoms with van der Waals surface area (Å²) in [7, 11) is 0. The molecule has 2 heterocycles. The molecular weight excluding hydrogens is 303 g/mol. The van der Waals surface area contributed by atoms with Crippen LogP contribution >= 0.6 is 27.7 Å². The molecule has 1 atom stereocenters. The van der Waals surface area contributed by atoms with E-state index in [0.717, 1.165) is 35.7 Å². The Balaban J connectivity index is 1.87. The van der Waals surface area contributed by atoms with Gasteiger partial charge in [-0.05, 0) is 24.1 Å². The summed E-state index contributed by atoms with van der Waals surface area (Å²) in [4.78, 5) is 6.70. The van der Waals surface area contributed by atoms with Gasteiger partial charge in [-0.25, -0.2) is 4.39 Å². The van der Waals surface area contributed by atoms with Crippen molar-refractivity contribution in [3.63, 3.8) is 0 Å². The maximum absolute atomic E-state index is 13.3. The third-order valence-electron chi connectivity index (χ3n) is 3.05. The Morgan fingerprint density at radius 2 is 2.41 bits per heavy atom.